The van der Waals surface area contributed by atoms with Crippen LogP contribution in [0.5, 0.6) is 0 Å². The van der Waals surface area contributed by atoms with Gasteiger partial charge in [-0.3, -0.25) is 4.99 Å². The fraction of sp³-hybridized carbons (Fsp3) is 0.385. The van der Waals surface area contributed by atoms with Crippen LogP contribution in [0.3, 0.4) is 0 Å². The number of thiazole rings is 1. The average molecular weight is 405 g/mol. The fourth-order valence-corrected chi connectivity index (χ4v) is 2.41. The van der Waals surface area contributed by atoms with Crippen LogP contribution in [0.1, 0.15) is 10.7 Å². The van der Waals surface area contributed by atoms with E-state index < -0.39 is 0 Å². The van der Waals surface area contributed by atoms with Crippen molar-refractivity contribution in [1.82, 2.24) is 19.8 Å². The molecule has 1 N–H and O–H groups in total. The van der Waals surface area contributed by atoms with Crippen molar-refractivity contribution >= 4 is 41.3 Å². The Morgan fingerprint density at radius 2 is 2.35 bits per heavy atom. The Balaban J connectivity index is 0.00000200. The normalized spacial score (nSPS) is 11.1. The molecule has 0 aliphatic rings. The Kier molecular flexibility index (Phi) is 7.00. The minimum atomic E-state index is 0. The minimum absolute atomic E-state index is 0. The molecule has 0 bridgehead atoms. The van der Waals surface area contributed by atoms with Gasteiger partial charge in [-0.1, -0.05) is 0 Å². The van der Waals surface area contributed by atoms with Gasteiger partial charge in [0.15, 0.2) is 5.96 Å². The topological polar surface area (TPSA) is 45.5 Å². The summed E-state index contributed by atoms with van der Waals surface area (Å²) in [5.41, 5.74) is 1.25. The number of hydrogen-bond donors (Lipinski definition) is 1. The summed E-state index contributed by atoms with van der Waals surface area (Å²) in [4.78, 5) is 10.6. The molecule has 7 heteroatoms. The van der Waals surface area contributed by atoms with Crippen molar-refractivity contribution in [1.29, 1.82) is 0 Å². The standard InChI is InChI=1S/C13H19N5S.HI/c1-14-13(16-9-12-15-6-8-19-12)18(3)10-11-5-4-7-17(11)2;/h4-8H,9-10H2,1-3H3,(H,14,16);1H. The first kappa shape index (κ1) is 17.0. The molecular formula is C13H20IN5S. The zero-order valence-electron chi connectivity index (χ0n) is 11.9. The molecule has 2 aromatic rings. The van der Waals surface area contributed by atoms with E-state index in [1.807, 2.05) is 18.6 Å². The molecule has 110 valence electrons. The van der Waals surface area contributed by atoms with Gasteiger partial charge < -0.3 is 14.8 Å². The molecule has 0 fully saturated rings. The van der Waals surface area contributed by atoms with E-state index in [2.05, 4.69) is 50.1 Å². The Morgan fingerprint density at radius 1 is 1.55 bits per heavy atom. The van der Waals surface area contributed by atoms with Crippen LogP contribution in [0.2, 0.25) is 0 Å². The Morgan fingerprint density at radius 3 is 2.90 bits per heavy atom. The lowest BCUT2D eigenvalue weighted by Gasteiger charge is -2.22. The number of aliphatic imine (C=N–C) groups is 1. The van der Waals surface area contributed by atoms with E-state index in [9.17, 15) is 0 Å². The van der Waals surface area contributed by atoms with Crippen LogP contribution in [0.25, 0.3) is 0 Å². The maximum Gasteiger partial charge on any atom is 0.194 e. The second-order valence-electron chi connectivity index (χ2n) is 4.29. The van der Waals surface area contributed by atoms with Gasteiger partial charge in [0.1, 0.15) is 5.01 Å². The van der Waals surface area contributed by atoms with Crippen molar-refractivity contribution < 1.29 is 0 Å². The van der Waals surface area contributed by atoms with Crippen molar-refractivity contribution in [3.05, 3.63) is 40.6 Å². The molecule has 0 aliphatic heterocycles. The van der Waals surface area contributed by atoms with Gasteiger partial charge in [0.05, 0.1) is 13.1 Å². The fourth-order valence-electron chi connectivity index (χ4n) is 1.86. The highest BCUT2D eigenvalue weighted by molar-refractivity contribution is 14.0. The van der Waals surface area contributed by atoms with Gasteiger partial charge in [0.2, 0.25) is 0 Å². The largest absolute Gasteiger partial charge is 0.353 e. The van der Waals surface area contributed by atoms with E-state index in [1.54, 1.807) is 18.4 Å². The number of hydrogen-bond acceptors (Lipinski definition) is 3. The first-order valence-electron chi connectivity index (χ1n) is 6.11. The molecule has 0 atom stereocenters. The van der Waals surface area contributed by atoms with Gasteiger partial charge in [-0.15, -0.1) is 35.3 Å². The van der Waals surface area contributed by atoms with Gasteiger partial charge in [-0.05, 0) is 12.1 Å². The third-order valence-corrected chi connectivity index (χ3v) is 3.68. The van der Waals surface area contributed by atoms with Crippen LogP contribution in [-0.2, 0) is 20.1 Å². The highest BCUT2D eigenvalue weighted by atomic mass is 127. The number of rotatable bonds is 4. The van der Waals surface area contributed by atoms with E-state index in [-0.39, 0.29) is 24.0 Å². The maximum atomic E-state index is 4.30. The van der Waals surface area contributed by atoms with E-state index in [0.29, 0.717) is 6.54 Å². The lowest BCUT2D eigenvalue weighted by Crippen LogP contribution is -2.38. The summed E-state index contributed by atoms with van der Waals surface area (Å²) in [5.74, 6) is 0.872. The van der Waals surface area contributed by atoms with Crippen LogP contribution in [0, 0.1) is 0 Å². The number of nitrogens with zero attached hydrogens (tertiary/aromatic N) is 4. The van der Waals surface area contributed by atoms with Gasteiger partial charge in [-0.25, -0.2) is 4.98 Å². The predicted octanol–water partition coefficient (Wildman–Crippen LogP) is 2.31. The number of nitrogens with one attached hydrogen (secondary N) is 1. The van der Waals surface area contributed by atoms with Crippen molar-refractivity contribution in [2.24, 2.45) is 12.0 Å². The summed E-state index contributed by atoms with van der Waals surface area (Å²) in [6.07, 6.45) is 3.87. The van der Waals surface area contributed by atoms with Gasteiger partial charge in [0, 0.05) is 44.6 Å². The van der Waals surface area contributed by atoms with Crippen LogP contribution in [-0.4, -0.2) is 34.5 Å². The van der Waals surface area contributed by atoms with Crippen molar-refractivity contribution in [3.63, 3.8) is 0 Å². The molecule has 0 aliphatic carbocycles. The number of halogens is 1. The molecule has 0 saturated heterocycles. The average Bonchev–Trinajstić information content (AvgIpc) is 3.03. The van der Waals surface area contributed by atoms with E-state index in [0.717, 1.165) is 17.5 Å². The summed E-state index contributed by atoms with van der Waals surface area (Å²) < 4.78 is 2.12. The lowest BCUT2D eigenvalue weighted by molar-refractivity contribution is 0.461. The van der Waals surface area contributed by atoms with Crippen LogP contribution in [0.15, 0.2) is 34.9 Å². The van der Waals surface area contributed by atoms with Crippen LogP contribution < -0.4 is 5.32 Å². The molecule has 0 aromatic carbocycles. The van der Waals surface area contributed by atoms with Crippen molar-refractivity contribution in [3.8, 4) is 0 Å². The first-order valence-corrected chi connectivity index (χ1v) is 6.99. The molecule has 0 unspecified atom stereocenters. The second-order valence-corrected chi connectivity index (χ2v) is 5.27. The molecule has 5 nitrogen and oxygen atoms in total. The Hall–Kier alpha value is -1.09. The van der Waals surface area contributed by atoms with Crippen LogP contribution in [0.4, 0.5) is 0 Å². The molecular weight excluding hydrogens is 385 g/mol. The van der Waals surface area contributed by atoms with Crippen LogP contribution >= 0.6 is 35.3 Å². The Labute approximate surface area is 140 Å². The smallest absolute Gasteiger partial charge is 0.194 e. The number of guanidine groups is 1. The molecule has 0 amide bonds. The molecule has 0 saturated carbocycles. The zero-order chi connectivity index (χ0) is 13.7. The summed E-state index contributed by atoms with van der Waals surface area (Å²) in [5, 5.41) is 6.36. The summed E-state index contributed by atoms with van der Waals surface area (Å²) >= 11 is 1.64. The van der Waals surface area contributed by atoms with Gasteiger partial charge >= 0.3 is 0 Å². The van der Waals surface area contributed by atoms with E-state index >= 15 is 0 Å². The zero-order valence-corrected chi connectivity index (χ0v) is 15.1. The lowest BCUT2D eigenvalue weighted by atomic mass is 10.4. The van der Waals surface area contributed by atoms with Crippen molar-refractivity contribution in [2.45, 2.75) is 13.1 Å². The second kappa shape index (κ2) is 8.25. The quantitative estimate of drug-likeness (QED) is 0.483. The first-order chi connectivity index (χ1) is 9.20. The summed E-state index contributed by atoms with van der Waals surface area (Å²) in [6, 6.07) is 4.17. The Bertz CT molecular complexity index is 535. The van der Waals surface area contributed by atoms with E-state index in [4.69, 9.17) is 0 Å². The third-order valence-electron chi connectivity index (χ3n) is 2.91. The van der Waals surface area contributed by atoms with Gasteiger partial charge in [-0.2, -0.15) is 0 Å². The monoisotopic (exact) mass is 405 g/mol. The molecule has 2 rings (SSSR count). The number of aryl methyl sites for hydroxylation is 1. The van der Waals surface area contributed by atoms with Crippen molar-refractivity contribution in [2.75, 3.05) is 14.1 Å². The summed E-state index contributed by atoms with van der Waals surface area (Å²) in [7, 11) is 5.88. The summed E-state index contributed by atoms with van der Waals surface area (Å²) in [6.45, 7) is 1.53. The molecule has 2 heterocycles. The molecule has 2 aromatic heterocycles. The van der Waals surface area contributed by atoms with Gasteiger partial charge in [0.25, 0.3) is 0 Å². The van der Waals surface area contributed by atoms with E-state index in [1.165, 1.54) is 5.69 Å². The molecule has 0 spiro atoms. The molecule has 20 heavy (non-hydrogen) atoms. The minimum Gasteiger partial charge on any atom is -0.353 e. The molecule has 0 radical (unpaired) electrons. The highest BCUT2D eigenvalue weighted by Gasteiger charge is 2.08. The third kappa shape index (κ3) is 4.48. The maximum absolute atomic E-state index is 4.30. The predicted molar refractivity (Wildman–Crippen MR) is 94.6 cm³/mol. The SMILES string of the molecule is CN=C(NCc1nccs1)N(C)Cc1cccn1C.I. The number of aromatic nitrogens is 2. The highest BCUT2D eigenvalue weighted by Crippen LogP contribution is 2.05.